The first-order valence-corrected chi connectivity index (χ1v) is 4.93. The second-order valence-electron chi connectivity index (χ2n) is 3.57. The van der Waals surface area contributed by atoms with Crippen LogP contribution in [0, 0.1) is 0 Å². The maximum absolute atomic E-state index is 11.1. The van der Waals surface area contributed by atoms with Gasteiger partial charge in [-0.25, -0.2) is 4.98 Å². The van der Waals surface area contributed by atoms with Gasteiger partial charge in [0.1, 0.15) is 6.04 Å². The lowest BCUT2D eigenvalue weighted by atomic mass is 10.2. The Morgan fingerprint density at radius 2 is 2.33 bits per heavy atom. The molecule has 0 saturated carbocycles. The number of nitrogens with zero attached hydrogens (tertiary/aromatic N) is 2. The molecule has 5 nitrogen and oxygen atoms in total. The van der Waals surface area contributed by atoms with E-state index >= 15 is 0 Å². The van der Waals surface area contributed by atoms with Gasteiger partial charge in [-0.05, 0) is 13.8 Å². The lowest BCUT2D eigenvalue weighted by Crippen LogP contribution is -2.42. The van der Waals surface area contributed by atoms with Crippen molar-refractivity contribution < 1.29 is 9.53 Å². The molecule has 0 amide bonds. The van der Waals surface area contributed by atoms with E-state index in [1.165, 1.54) is 7.11 Å². The van der Waals surface area contributed by atoms with Crippen molar-refractivity contribution in [3.63, 3.8) is 0 Å². The summed E-state index contributed by atoms with van der Waals surface area (Å²) in [7, 11) is 1.39. The minimum absolute atomic E-state index is 0.188. The maximum atomic E-state index is 11.1. The summed E-state index contributed by atoms with van der Waals surface area (Å²) in [4.78, 5) is 15.1. The second kappa shape index (κ2) is 5.50. The van der Waals surface area contributed by atoms with Gasteiger partial charge in [0.15, 0.2) is 0 Å². The van der Waals surface area contributed by atoms with E-state index in [1.54, 1.807) is 19.4 Å². The summed E-state index contributed by atoms with van der Waals surface area (Å²) in [5.74, 6) is -0.243. The summed E-state index contributed by atoms with van der Waals surface area (Å²) >= 11 is 0. The number of hydrogen-bond acceptors (Lipinski definition) is 4. The van der Waals surface area contributed by atoms with Crippen LogP contribution in [0.15, 0.2) is 18.7 Å². The van der Waals surface area contributed by atoms with Gasteiger partial charge in [0.25, 0.3) is 0 Å². The van der Waals surface area contributed by atoms with Crippen LogP contribution in [-0.4, -0.2) is 34.7 Å². The molecule has 15 heavy (non-hydrogen) atoms. The van der Waals surface area contributed by atoms with Crippen LogP contribution in [0.4, 0.5) is 0 Å². The fourth-order valence-corrected chi connectivity index (χ4v) is 1.44. The third-order valence-electron chi connectivity index (χ3n) is 2.13. The van der Waals surface area contributed by atoms with E-state index in [9.17, 15) is 4.79 Å². The molecule has 1 heterocycles. The fourth-order valence-electron chi connectivity index (χ4n) is 1.44. The first-order chi connectivity index (χ1) is 7.13. The molecular weight excluding hydrogens is 194 g/mol. The molecule has 1 N–H and O–H groups in total. The third kappa shape index (κ3) is 3.71. The molecule has 0 aliphatic rings. The average molecular weight is 211 g/mol. The summed E-state index contributed by atoms with van der Waals surface area (Å²) in [6.45, 7) is 4.58. The number of methoxy groups -OCH3 is 1. The van der Waals surface area contributed by atoms with E-state index in [0.29, 0.717) is 0 Å². The number of carbonyl (C=O) groups excluding carboxylic acids is 1. The van der Waals surface area contributed by atoms with Crippen LogP contribution in [0.1, 0.15) is 13.8 Å². The Labute approximate surface area is 89.4 Å². The number of rotatable bonds is 5. The zero-order valence-electron chi connectivity index (χ0n) is 9.30. The number of ether oxygens (including phenoxy) is 1. The van der Waals surface area contributed by atoms with E-state index in [4.69, 9.17) is 0 Å². The van der Waals surface area contributed by atoms with E-state index in [1.807, 2.05) is 17.7 Å². The van der Waals surface area contributed by atoms with Crippen molar-refractivity contribution in [3.05, 3.63) is 18.7 Å². The molecule has 0 aliphatic heterocycles. The first kappa shape index (κ1) is 11.7. The Kier molecular flexibility index (Phi) is 4.30. The van der Waals surface area contributed by atoms with Crippen LogP contribution < -0.4 is 5.32 Å². The molecule has 1 aromatic rings. The quantitative estimate of drug-likeness (QED) is 0.717. The van der Waals surface area contributed by atoms with Crippen molar-refractivity contribution in [2.24, 2.45) is 0 Å². The van der Waals surface area contributed by atoms with Crippen LogP contribution in [0.3, 0.4) is 0 Å². The summed E-state index contributed by atoms with van der Waals surface area (Å²) in [6, 6.07) is -0.0955. The number of imidazole rings is 1. The molecular formula is C10H17N3O2. The standard InChI is InChI=1S/C10H17N3O2/c1-8(6-13-5-4-11-7-13)12-9(2)10(14)15-3/h4-5,7-9,12H,6H2,1-3H3. The molecule has 0 aromatic carbocycles. The van der Waals surface area contributed by atoms with E-state index < -0.39 is 0 Å². The second-order valence-corrected chi connectivity index (χ2v) is 3.57. The van der Waals surface area contributed by atoms with Crippen molar-refractivity contribution >= 4 is 5.97 Å². The Morgan fingerprint density at radius 3 is 2.87 bits per heavy atom. The zero-order valence-corrected chi connectivity index (χ0v) is 9.30. The van der Waals surface area contributed by atoms with E-state index in [0.717, 1.165) is 6.54 Å². The normalized spacial score (nSPS) is 14.6. The SMILES string of the molecule is COC(=O)C(C)NC(C)Cn1ccnc1. The summed E-state index contributed by atoms with van der Waals surface area (Å²) in [5, 5.41) is 3.15. The average Bonchev–Trinajstić information content (AvgIpc) is 2.68. The third-order valence-corrected chi connectivity index (χ3v) is 2.13. The van der Waals surface area contributed by atoms with Gasteiger partial charge in [0, 0.05) is 25.0 Å². The topological polar surface area (TPSA) is 56.1 Å². The van der Waals surface area contributed by atoms with Crippen LogP contribution in [0.5, 0.6) is 0 Å². The van der Waals surface area contributed by atoms with Crippen LogP contribution in [0.2, 0.25) is 0 Å². The Bertz CT molecular complexity index is 298. The Morgan fingerprint density at radius 1 is 1.60 bits per heavy atom. The first-order valence-electron chi connectivity index (χ1n) is 4.93. The number of carbonyl (C=O) groups is 1. The molecule has 84 valence electrons. The molecule has 0 bridgehead atoms. The number of aromatic nitrogens is 2. The highest BCUT2D eigenvalue weighted by Crippen LogP contribution is 1.95. The number of nitrogens with one attached hydrogen (secondary N) is 1. The lowest BCUT2D eigenvalue weighted by molar-refractivity contribution is -0.142. The van der Waals surface area contributed by atoms with Crippen molar-refractivity contribution in [3.8, 4) is 0 Å². The molecule has 0 saturated heterocycles. The fraction of sp³-hybridized carbons (Fsp3) is 0.600. The van der Waals surface area contributed by atoms with E-state index in [-0.39, 0.29) is 18.1 Å². The molecule has 5 heteroatoms. The Balaban J connectivity index is 2.35. The van der Waals surface area contributed by atoms with Crippen molar-refractivity contribution in [1.82, 2.24) is 14.9 Å². The predicted molar refractivity (Wildman–Crippen MR) is 56.3 cm³/mol. The molecule has 2 unspecified atom stereocenters. The summed E-state index contributed by atoms with van der Waals surface area (Å²) in [6.07, 6.45) is 5.37. The minimum Gasteiger partial charge on any atom is -0.468 e. The number of esters is 1. The summed E-state index contributed by atoms with van der Waals surface area (Å²) < 4.78 is 6.59. The van der Waals surface area contributed by atoms with Gasteiger partial charge in [0.05, 0.1) is 13.4 Å². The van der Waals surface area contributed by atoms with Gasteiger partial charge in [-0.15, -0.1) is 0 Å². The highest BCUT2D eigenvalue weighted by atomic mass is 16.5. The van der Waals surface area contributed by atoms with Crippen molar-refractivity contribution in [1.29, 1.82) is 0 Å². The molecule has 0 fully saturated rings. The Hall–Kier alpha value is -1.36. The molecule has 0 spiro atoms. The van der Waals surface area contributed by atoms with Gasteiger partial charge >= 0.3 is 5.97 Å². The molecule has 1 aromatic heterocycles. The lowest BCUT2D eigenvalue weighted by Gasteiger charge is -2.18. The van der Waals surface area contributed by atoms with Crippen molar-refractivity contribution in [2.75, 3.05) is 7.11 Å². The highest BCUT2D eigenvalue weighted by molar-refractivity contribution is 5.75. The predicted octanol–water partition coefficient (Wildman–Crippen LogP) is 0.423. The van der Waals surface area contributed by atoms with Crippen molar-refractivity contribution in [2.45, 2.75) is 32.5 Å². The smallest absolute Gasteiger partial charge is 0.322 e. The molecule has 1 rings (SSSR count). The molecule has 0 radical (unpaired) electrons. The maximum Gasteiger partial charge on any atom is 0.322 e. The highest BCUT2D eigenvalue weighted by Gasteiger charge is 2.15. The zero-order chi connectivity index (χ0) is 11.3. The van der Waals surface area contributed by atoms with E-state index in [2.05, 4.69) is 15.0 Å². The molecule has 0 aliphatic carbocycles. The minimum atomic E-state index is -0.284. The van der Waals surface area contributed by atoms with Gasteiger partial charge < -0.3 is 14.6 Å². The van der Waals surface area contributed by atoms with Gasteiger partial charge in [-0.3, -0.25) is 4.79 Å². The van der Waals surface area contributed by atoms with Crippen LogP contribution >= 0.6 is 0 Å². The molecule has 2 atom stereocenters. The number of hydrogen-bond donors (Lipinski definition) is 1. The monoisotopic (exact) mass is 211 g/mol. The van der Waals surface area contributed by atoms with Gasteiger partial charge in [-0.2, -0.15) is 0 Å². The van der Waals surface area contributed by atoms with Gasteiger partial charge in [0.2, 0.25) is 0 Å². The van der Waals surface area contributed by atoms with Crippen LogP contribution in [-0.2, 0) is 16.1 Å². The van der Waals surface area contributed by atoms with Crippen LogP contribution in [0.25, 0.3) is 0 Å². The largest absolute Gasteiger partial charge is 0.468 e. The van der Waals surface area contributed by atoms with Gasteiger partial charge in [-0.1, -0.05) is 0 Å². The summed E-state index contributed by atoms with van der Waals surface area (Å²) in [5.41, 5.74) is 0.